The molecular formula is C15H23N2O7P. The van der Waals surface area contributed by atoms with Crippen molar-refractivity contribution >= 4 is 19.6 Å². The molecule has 25 heavy (non-hydrogen) atoms. The van der Waals surface area contributed by atoms with Crippen LogP contribution in [-0.2, 0) is 34.5 Å². The minimum absolute atomic E-state index is 0.0420. The smallest absolute Gasteiger partial charge is 0.406 e. The van der Waals surface area contributed by atoms with Gasteiger partial charge in [-0.2, -0.15) is 0 Å². The molecular weight excluding hydrogens is 351 g/mol. The first-order valence-corrected chi connectivity index (χ1v) is 9.35. The van der Waals surface area contributed by atoms with Crippen LogP contribution >= 0.6 is 7.75 Å². The zero-order chi connectivity index (χ0) is 18.5. The third-order valence-electron chi connectivity index (χ3n) is 3.68. The summed E-state index contributed by atoms with van der Waals surface area (Å²) in [6.07, 6.45) is 0.546. The summed E-state index contributed by atoms with van der Waals surface area (Å²) in [6.45, 7) is 3.86. The Morgan fingerprint density at radius 2 is 2.20 bits per heavy atom. The Morgan fingerprint density at radius 1 is 1.44 bits per heavy atom. The van der Waals surface area contributed by atoms with Crippen molar-refractivity contribution in [2.45, 2.75) is 32.9 Å². The van der Waals surface area contributed by atoms with Gasteiger partial charge in [0.2, 0.25) is 5.91 Å². The summed E-state index contributed by atoms with van der Waals surface area (Å²) in [4.78, 5) is 23.5. The summed E-state index contributed by atoms with van der Waals surface area (Å²) >= 11 is 0. The Hall–Kier alpha value is -1.67. The summed E-state index contributed by atoms with van der Waals surface area (Å²) < 4.78 is 33.2. The standard InChI is InChI=1S/C15H23N2O7P/c1-15(2)10-23-25(20,17-9-11-5-4-8-22-11)24-13(15)14(19)16-7-6-12(18)21-3/h4-5,8,13H,6-7,9-10H2,1-3H3,(H,16,19)(H,17,20)/t13-,25?/m0/s1. The number of amides is 1. The predicted octanol–water partition coefficient (Wildman–Crippen LogP) is 1.60. The van der Waals surface area contributed by atoms with E-state index in [2.05, 4.69) is 15.1 Å². The van der Waals surface area contributed by atoms with Crippen molar-refractivity contribution in [3.05, 3.63) is 24.2 Å². The molecule has 1 aliphatic rings. The fourth-order valence-corrected chi connectivity index (χ4v) is 3.93. The van der Waals surface area contributed by atoms with E-state index in [9.17, 15) is 14.2 Å². The van der Waals surface area contributed by atoms with Crippen LogP contribution in [0.4, 0.5) is 0 Å². The van der Waals surface area contributed by atoms with Gasteiger partial charge in [0.1, 0.15) is 5.76 Å². The van der Waals surface area contributed by atoms with Crippen LogP contribution in [-0.4, -0.2) is 38.2 Å². The van der Waals surface area contributed by atoms with Crippen LogP contribution in [0, 0.1) is 5.41 Å². The van der Waals surface area contributed by atoms with E-state index in [1.165, 1.54) is 13.4 Å². The molecule has 2 atom stereocenters. The van der Waals surface area contributed by atoms with Crippen LogP contribution in [0.25, 0.3) is 0 Å². The molecule has 140 valence electrons. The van der Waals surface area contributed by atoms with Gasteiger partial charge in [0.05, 0.1) is 32.9 Å². The van der Waals surface area contributed by atoms with Gasteiger partial charge < -0.3 is 14.5 Å². The minimum atomic E-state index is -3.66. The SMILES string of the molecule is COC(=O)CCNC(=O)[C@@H]1OP(=O)(NCc2ccco2)OCC1(C)C. The van der Waals surface area contributed by atoms with E-state index in [-0.39, 0.29) is 26.1 Å². The monoisotopic (exact) mass is 374 g/mol. The number of esters is 1. The van der Waals surface area contributed by atoms with Gasteiger partial charge in [0, 0.05) is 12.0 Å². The summed E-state index contributed by atoms with van der Waals surface area (Å²) in [5.41, 5.74) is -0.685. The molecule has 2 N–H and O–H groups in total. The number of nitrogens with one attached hydrogen (secondary N) is 2. The normalized spacial score (nSPS) is 25.3. The second-order valence-corrected chi connectivity index (χ2v) is 8.06. The first-order valence-electron chi connectivity index (χ1n) is 7.81. The largest absolute Gasteiger partial charge is 0.469 e. The molecule has 1 unspecified atom stereocenters. The van der Waals surface area contributed by atoms with Crippen LogP contribution in [0.3, 0.4) is 0 Å². The molecule has 0 aliphatic carbocycles. The van der Waals surface area contributed by atoms with E-state index in [4.69, 9.17) is 13.5 Å². The molecule has 0 radical (unpaired) electrons. The van der Waals surface area contributed by atoms with Crippen LogP contribution < -0.4 is 10.4 Å². The van der Waals surface area contributed by atoms with E-state index in [0.717, 1.165) is 0 Å². The van der Waals surface area contributed by atoms with Gasteiger partial charge in [-0.1, -0.05) is 13.8 Å². The molecule has 10 heteroatoms. The molecule has 0 spiro atoms. The Morgan fingerprint density at radius 3 is 2.84 bits per heavy atom. The second-order valence-electron chi connectivity index (χ2n) is 6.28. The highest BCUT2D eigenvalue weighted by Crippen LogP contribution is 2.53. The Balaban J connectivity index is 1.95. The van der Waals surface area contributed by atoms with Crippen LogP contribution in [0.15, 0.2) is 22.8 Å². The van der Waals surface area contributed by atoms with Gasteiger partial charge in [-0.3, -0.25) is 18.6 Å². The van der Waals surface area contributed by atoms with E-state index in [1.807, 2.05) is 0 Å². The molecule has 0 bridgehead atoms. The molecule has 9 nitrogen and oxygen atoms in total. The summed E-state index contributed by atoms with van der Waals surface area (Å²) in [5, 5.41) is 5.26. The van der Waals surface area contributed by atoms with Gasteiger partial charge >= 0.3 is 13.7 Å². The molecule has 0 saturated carbocycles. The number of methoxy groups -OCH3 is 1. The molecule has 0 aromatic carbocycles. The number of hydrogen-bond acceptors (Lipinski definition) is 7. The molecule has 1 aromatic heterocycles. The van der Waals surface area contributed by atoms with Gasteiger partial charge in [0.25, 0.3) is 0 Å². The molecule has 1 saturated heterocycles. The van der Waals surface area contributed by atoms with E-state index in [0.29, 0.717) is 5.76 Å². The average Bonchev–Trinajstić information content (AvgIpc) is 3.09. The van der Waals surface area contributed by atoms with Crippen molar-refractivity contribution in [1.29, 1.82) is 0 Å². The molecule has 1 aliphatic heterocycles. The highest BCUT2D eigenvalue weighted by Gasteiger charge is 2.47. The van der Waals surface area contributed by atoms with Gasteiger partial charge in [-0.15, -0.1) is 0 Å². The van der Waals surface area contributed by atoms with Gasteiger partial charge in [0.15, 0.2) is 6.10 Å². The Kier molecular flexibility index (Phi) is 6.40. The number of furan rings is 1. The van der Waals surface area contributed by atoms with Crippen molar-refractivity contribution in [1.82, 2.24) is 10.4 Å². The highest BCUT2D eigenvalue weighted by atomic mass is 31.2. The molecule has 2 heterocycles. The lowest BCUT2D eigenvalue weighted by molar-refractivity contribution is -0.141. The fraction of sp³-hybridized carbons (Fsp3) is 0.600. The first-order chi connectivity index (χ1) is 11.8. The van der Waals surface area contributed by atoms with Crippen LogP contribution in [0.1, 0.15) is 26.0 Å². The quantitative estimate of drug-likeness (QED) is 0.546. The van der Waals surface area contributed by atoms with Crippen molar-refractivity contribution < 1.29 is 32.4 Å². The first kappa shape index (κ1) is 19.7. The summed E-state index contributed by atoms with van der Waals surface area (Å²) in [6, 6.07) is 3.42. The predicted molar refractivity (Wildman–Crippen MR) is 87.4 cm³/mol. The number of carbonyl (C=O) groups excluding carboxylic acids is 2. The van der Waals surface area contributed by atoms with Crippen LogP contribution in [0.2, 0.25) is 0 Å². The van der Waals surface area contributed by atoms with E-state index >= 15 is 0 Å². The number of hydrogen-bond donors (Lipinski definition) is 2. The zero-order valence-corrected chi connectivity index (χ0v) is 15.3. The topological polar surface area (TPSA) is 116 Å². The molecule has 1 amide bonds. The zero-order valence-electron chi connectivity index (χ0n) is 14.4. The van der Waals surface area contributed by atoms with Gasteiger partial charge in [-0.25, -0.2) is 9.65 Å². The second kappa shape index (κ2) is 8.14. The van der Waals surface area contributed by atoms with Crippen molar-refractivity contribution in [2.24, 2.45) is 5.41 Å². The minimum Gasteiger partial charge on any atom is -0.469 e. The van der Waals surface area contributed by atoms with Crippen molar-refractivity contribution in [3.63, 3.8) is 0 Å². The Labute approximate surface area is 146 Å². The Bertz CT molecular complexity index is 644. The van der Waals surface area contributed by atoms with E-state index in [1.54, 1.807) is 26.0 Å². The van der Waals surface area contributed by atoms with Crippen molar-refractivity contribution in [3.8, 4) is 0 Å². The maximum absolute atomic E-state index is 12.7. The van der Waals surface area contributed by atoms with Crippen molar-refractivity contribution in [2.75, 3.05) is 20.3 Å². The lowest BCUT2D eigenvalue weighted by Gasteiger charge is -2.40. The maximum atomic E-state index is 12.7. The third kappa shape index (κ3) is 5.40. The van der Waals surface area contributed by atoms with Crippen LogP contribution in [0.5, 0.6) is 0 Å². The molecule has 1 fully saturated rings. The average molecular weight is 374 g/mol. The number of rotatable bonds is 7. The number of ether oxygens (including phenoxy) is 1. The summed E-state index contributed by atoms with van der Waals surface area (Å²) in [5.74, 6) is -0.332. The summed E-state index contributed by atoms with van der Waals surface area (Å²) in [7, 11) is -2.39. The third-order valence-corrected chi connectivity index (χ3v) is 5.18. The maximum Gasteiger partial charge on any atom is 0.406 e. The lowest BCUT2D eigenvalue weighted by atomic mass is 9.87. The number of carbonyl (C=O) groups is 2. The van der Waals surface area contributed by atoms with E-state index < -0.39 is 31.1 Å². The molecule has 1 aromatic rings. The van der Waals surface area contributed by atoms with Gasteiger partial charge in [-0.05, 0) is 12.1 Å². The fourth-order valence-electron chi connectivity index (χ4n) is 2.20. The highest BCUT2D eigenvalue weighted by molar-refractivity contribution is 7.51. The molecule has 2 rings (SSSR count). The lowest BCUT2D eigenvalue weighted by Crippen LogP contribution is -2.50.